The van der Waals surface area contributed by atoms with Crippen molar-refractivity contribution in [1.29, 1.82) is 0 Å². The van der Waals surface area contributed by atoms with Crippen molar-refractivity contribution in [3.05, 3.63) is 57.5 Å². The lowest BCUT2D eigenvalue weighted by Crippen LogP contribution is -1.97. The number of benzene rings is 3. The molecule has 0 unspecified atom stereocenters. The molecular weight excluding hydrogens is 548 g/mol. The number of hydrogen-bond donors (Lipinski definition) is 0. The number of aromatic nitrogens is 6. The van der Waals surface area contributed by atoms with Gasteiger partial charge in [-0.15, -0.1) is 0 Å². The van der Waals surface area contributed by atoms with E-state index in [0.29, 0.717) is 22.1 Å². The lowest BCUT2D eigenvalue weighted by Gasteiger charge is -2.11. The summed E-state index contributed by atoms with van der Waals surface area (Å²) in [6.07, 6.45) is 0. The smallest absolute Gasteiger partial charge is 0.136 e. The van der Waals surface area contributed by atoms with E-state index >= 15 is 0 Å². The largest absolute Gasteiger partial charge is 0.241 e. The maximum Gasteiger partial charge on any atom is 0.136 e. The Balaban J connectivity index is 1.77. The second kappa shape index (κ2) is 7.09. The molecule has 10 heteroatoms. The van der Waals surface area contributed by atoms with Gasteiger partial charge in [0.1, 0.15) is 33.1 Å². The number of fused-ring (bicyclic) bond motifs is 6. The molecule has 3 heterocycles. The summed E-state index contributed by atoms with van der Waals surface area (Å²) >= 11 is 9.31. The summed E-state index contributed by atoms with van der Waals surface area (Å²) in [6.45, 7) is 0. The summed E-state index contributed by atoms with van der Waals surface area (Å²) < 4.78 is 19.9. The van der Waals surface area contributed by atoms with E-state index in [0.717, 1.165) is 65.9 Å². The van der Waals surface area contributed by atoms with E-state index in [9.17, 15) is 0 Å². The van der Waals surface area contributed by atoms with Crippen LogP contribution in [-0.2, 0) is 0 Å². The predicted molar refractivity (Wildman–Crippen MR) is 128 cm³/mol. The highest BCUT2D eigenvalue weighted by Gasteiger charge is 2.21. The Labute approximate surface area is 194 Å². The Hall–Kier alpha value is -2.40. The van der Waals surface area contributed by atoms with Crippen LogP contribution in [0.3, 0.4) is 0 Å². The van der Waals surface area contributed by atoms with Crippen molar-refractivity contribution in [3.8, 4) is 22.5 Å². The van der Waals surface area contributed by atoms with Crippen LogP contribution in [0, 0.1) is 0 Å². The summed E-state index contributed by atoms with van der Waals surface area (Å²) in [5.74, 6) is 0. The van der Waals surface area contributed by atoms with E-state index in [1.54, 1.807) is 0 Å². The van der Waals surface area contributed by atoms with Gasteiger partial charge in [0.2, 0.25) is 0 Å². The molecule has 0 radical (unpaired) electrons. The molecule has 0 aliphatic rings. The van der Waals surface area contributed by atoms with E-state index in [2.05, 4.69) is 49.4 Å². The van der Waals surface area contributed by atoms with Crippen LogP contribution in [0.4, 0.5) is 0 Å². The van der Waals surface area contributed by atoms with Gasteiger partial charge in [0, 0.05) is 20.1 Å². The number of nitrogens with zero attached hydrogens (tertiary/aromatic N) is 6. The van der Waals surface area contributed by atoms with Gasteiger partial charge in [-0.2, -0.15) is 17.5 Å². The molecule has 3 aromatic carbocycles. The lowest BCUT2D eigenvalue weighted by atomic mass is 10.0. The molecule has 0 aliphatic carbocycles. The van der Waals surface area contributed by atoms with Crippen LogP contribution in [-0.4, -0.2) is 27.5 Å². The van der Waals surface area contributed by atoms with Crippen molar-refractivity contribution in [1.82, 2.24) is 27.5 Å². The molecule has 0 atom stereocenters. The fourth-order valence-corrected chi connectivity index (χ4v) is 5.01. The van der Waals surface area contributed by atoms with E-state index in [4.69, 9.17) is 9.97 Å². The summed E-state index contributed by atoms with van der Waals surface area (Å²) in [6, 6.07) is 16.1. The molecule has 6 rings (SSSR count). The zero-order chi connectivity index (χ0) is 20.2. The fourth-order valence-electron chi connectivity index (χ4n) is 3.38. The monoisotopic (exact) mass is 554 g/mol. The Morgan fingerprint density at radius 2 is 0.800 bits per heavy atom. The van der Waals surface area contributed by atoms with Crippen molar-refractivity contribution in [2.24, 2.45) is 0 Å². The highest BCUT2D eigenvalue weighted by atomic mass is 79.9. The lowest BCUT2D eigenvalue weighted by molar-refractivity contribution is 1.30. The van der Waals surface area contributed by atoms with Crippen LogP contribution < -0.4 is 0 Å². The van der Waals surface area contributed by atoms with Gasteiger partial charge in [0.15, 0.2) is 0 Å². The molecule has 30 heavy (non-hydrogen) atoms. The zero-order valence-corrected chi connectivity index (χ0v) is 19.7. The minimum absolute atomic E-state index is 0.692. The topological polar surface area (TPSA) is 77.3 Å². The van der Waals surface area contributed by atoms with Crippen LogP contribution in [0.25, 0.3) is 55.6 Å². The van der Waals surface area contributed by atoms with Crippen molar-refractivity contribution >= 4 is 88.4 Å². The molecule has 0 aliphatic heterocycles. The third-order valence-corrected chi connectivity index (χ3v) is 6.90. The van der Waals surface area contributed by atoms with Gasteiger partial charge in [-0.05, 0) is 24.3 Å². The van der Waals surface area contributed by atoms with Gasteiger partial charge in [-0.3, -0.25) is 0 Å². The SMILES string of the molecule is Brc1ccc(-c2nc3c4nsnc4c4nsnc4c3nc2-c2ccc(Br)cc2)cc1. The predicted octanol–water partition coefficient (Wildman–Crippen LogP) is 6.50. The van der Waals surface area contributed by atoms with Crippen LogP contribution in [0.15, 0.2) is 57.5 Å². The van der Waals surface area contributed by atoms with Crippen molar-refractivity contribution in [2.75, 3.05) is 0 Å². The second-order valence-electron chi connectivity index (χ2n) is 6.55. The van der Waals surface area contributed by atoms with Gasteiger partial charge in [-0.25, -0.2) is 9.97 Å². The summed E-state index contributed by atoms with van der Waals surface area (Å²) in [5.41, 5.74) is 7.77. The molecular formula is C20H8Br2N6S2. The molecule has 144 valence electrons. The first-order valence-corrected chi connectivity index (χ1v) is 11.8. The van der Waals surface area contributed by atoms with Crippen molar-refractivity contribution in [2.45, 2.75) is 0 Å². The minimum atomic E-state index is 0.692. The van der Waals surface area contributed by atoms with Gasteiger partial charge in [-0.1, -0.05) is 56.1 Å². The number of halogens is 2. The summed E-state index contributed by atoms with van der Waals surface area (Å²) in [5, 5.41) is 0. The van der Waals surface area contributed by atoms with Crippen LogP contribution in [0.5, 0.6) is 0 Å². The minimum Gasteiger partial charge on any atom is -0.241 e. The average Bonchev–Trinajstić information content (AvgIpc) is 3.44. The Bertz CT molecular complexity index is 1440. The standard InChI is InChI=1S/C20H8Br2N6S2/c21-11-5-1-9(2-6-11)13-14(10-3-7-12(22)8-4-10)24-16-15(23-13)17-19(27-29-25-17)20-18(16)26-30-28-20/h1-8H. The molecule has 0 saturated carbocycles. The molecule has 0 bridgehead atoms. The first-order valence-electron chi connectivity index (χ1n) is 8.79. The molecule has 0 saturated heterocycles. The second-order valence-corrected chi connectivity index (χ2v) is 9.44. The summed E-state index contributed by atoms with van der Waals surface area (Å²) in [7, 11) is 0. The fraction of sp³-hybridized carbons (Fsp3) is 0. The van der Waals surface area contributed by atoms with Gasteiger partial charge in [0.05, 0.1) is 34.8 Å². The number of rotatable bonds is 2. The first kappa shape index (κ1) is 18.4. The average molecular weight is 556 g/mol. The maximum absolute atomic E-state index is 5.06. The molecule has 6 nitrogen and oxygen atoms in total. The van der Waals surface area contributed by atoms with E-state index < -0.39 is 0 Å². The van der Waals surface area contributed by atoms with Crippen molar-refractivity contribution in [3.63, 3.8) is 0 Å². The highest BCUT2D eigenvalue weighted by Crippen LogP contribution is 2.37. The molecule has 0 spiro atoms. The third kappa shape index (κ3) is 2.86. The van der Waals surface area contributed by atoms with E-state index in [1.807, 2.05) is 48.5 Å². The van der Waals surface area contributed by atoms with Gasteiger partial charge < -0.3 is 0 Å². The highest BCUT2D eigenvalue weighted by molar-refractivity contribution is 9.10. The molecule has 3 aromatic heterocycles. The van der Waals surface area contributed by atoms with Crippen molar-refractivity contribution < 1.29 is 0 Å². The molecule has 6 aromatic rings. The van der Waals surface area contributed by atoms with E-state index in [-0.39, 0.29) is 0 Å². The Morgan fingerprint density at radius 3 is 1.17 bits per heavy atom. The maximum atomic E-state index is 5.06. The molecule has 0 N–H and O–H groups in total. The molecule has 0 fully saturated rings. The summed E-state index contributed by atoms with van der Waals surface area (Å²) in [4.78, 5) is 10.1. The van der Waals surface area contributed by atoms with E-state index in [1.165, 1.54) is 0 Å². The van der Waals surface area contributed by atoms with Crippen LogP contribution in [0.2, 0.25) is 0 Å². The normalized spacial score (nSPS) is 11.7. The van der Waals surface area contributed by atoms with Crippen LogP contribution in [0.1, 0.15) is 0 Å². The first-order chi connectivity index (χ1) is 14.7. The quantitative estimate of drug-likeness (QED) is 0.243. The third-order valence-electron chi connectivity index (χ3n) is 4.78. The zero-order valence-electron chi connectivity index (χ0n) is 14.9. The molecule has 0 amide bonds. The Kier molecular flexibility index (Phi) is 4.34. The van der Waals surface area contributed by atoms with Gasteiger partial charge in [0.25, 0.3) is 0 Å². The van der Waals surface area contributed by atoms with Crippen LogP contribution >= 0.6 is 55.3 Å². The van der Waals surface area contributed by atoms with Gasteiger partial charge >= 0.3 is 0 Å². The number of hydrogen-bond acceptors (Lipinski definition) is 8. The Morgan fingerprint density at radius 1 is 0.467 bits per heavy atom.